The van der Waals surface area contributed by atoms with Gasteiger partial charge in [-0.25, -0.2) is 0 Å². The third kappa shape index (κ3) is 4.18. The molecular formula is C18H26N2O. The zero-order valence-corrected chi connectivity index (χ0v) is 13.6. The average Bonchev–Trinajstić information content (AvgIpc) is 2.46. The summed E-state index contributed by atoms with van der Waals surface area (Å²) in [5, 5.41) is 0. The molecule has 0 atom stereocenters. The minimum absolute atomic E-state index is 0.124. The molecule has 0 aromatic heterocycles. The standard InChI is InChI=1S/C18H26N2O/c1-14(2)19-9-11-20(12-10-19)18(21)8-7-17-6-5-15(3)13-16(17)4/h5-8,13-14H,9-12H2,1-4H3/b8-7+. The number of amides is 1. The quantitative estimate of drug-likeness (QED) is 0.798. The lowest BCUT2D eigenvalue weighted by Gasteiger charge is -2.36. The number of rotatable bonds is 3. The van der Waals surface area contributed by atoms with Crippen LogP contribution in [0.5, 0.6) is 0 Å². The Morgan fingerprint density at radius 2 is 1.81 bits per heavy atom. The van der Waals surface area contributed by atoms with Crippen molar-refractivity contribution in [2.45, 2.75) is 33.7 Å². The Morgan fingerprint density at radius 3 is 2.38 bits per heavy atom. The van der Waals surface area contributed by atoms with E-state index in [9.17, 15) is 4.79 Å². The van der Waals surface area contributed by atoms with Gasteiger partial charge in [-0.2, -0.15) is 0 Å². The van der Waals surface area contributed by atoms with Gasteiger partial charge in [-0.15, -0.1) is 0 Å². The zero-order chi connectivity index (χ0) is 15.4. The highest BCUT2D eigenvalue weighted by molar-refractivity contribution is 5.92. The molecule has 0 bridgehead atoms. The van der Waals surface area contributed by atoms with Crippen molar-refractivity contribution in [2.24, 2.45) is 0 Å². The molecule has 1 amide bonds. The zero-order valence-electron chi connectivity index (χ0n) is 13.6. The molecule has 114 valence electrons. The van der Waals surface area contributed by atoms with Crippen molar-refractivity contribution >= 4 is 12.0 Å². The smallest absolute Gasteiger partial charge is 0.246 e. The highest BCUT2D eigenvalue weighted by Gasteiger charge is 2.20. The summed E-state index contributed by atoms with van der Waals surface area (Å²) in [6.45, 7) is 12.2. The fourth-order valence-electron chi connectivity index (χ4n) is 2.74. The molecule has 0 unspecified atom stereocenters. The lowest BCUT2D eigenvalue weighted by atomic mass is 10.1. The molecule has 1 aliphatic heterocycles. The van der Waals surface area contributed by atoms with Crippen molar-refractivity contribution in [3.63, 3.8) is 0 Å². The third-order valence-electron chi connectivity index (χ3n) is 4.19. The summed E-state index contributed by atoms with van der Waals surface area (Å²) in [6.07, 6.45) is 3.65. The molecule has 21 heavy (non-hydrogen) atoms. The normalized spacial score (nSPS) is 16.9. The summed E-state index contributed by atoms with van der Waals surface area (Å²) >= 11 is 0. The van der Waals surface area contributed by atoms with Gasteiger partial charge >= 0.3 is 0 Å². The second kappa shape index (κ2) is 6.90. The van der Waals surface area contributed by atoms with Gasteiger partial charge in [0.1, 0.15) is 0 Å². The summed E-state index contributed by atoms with van der Waals surface area (Å²) in [7, 11) is 0. The minimum atomic E-state index is 0.124. The predicted octanol–water partition coefficient (Wildman–Crippen LogP) is 2.87. The Hall–Kier alpha value is -1.61. The van der Waals surface area contributed by atoms with Crippen LogP contribution in [0.4, 0.5) is 0 Å². The van der Waals surface area contributed by atoms with E-state index in [1.807, 2.05) is 11.0 Å². The van der Waals surface area contributed by atoms with Crippen molar-refractivity contribution in [3.05, 3.63) is 41.0 Å². The number of benzene rings is 1. The maximum Gasteiger partial charge on any atom is 0.246 e. The lowest BCUT2D eigenvalue weighted by Crippen LogP contribution is -2.50. The van der Waals surface area contributed by atoms with Gasteiger partial charge in [0.2, 0.25) is 5.91 Å². The van der Waals surface area contributed by atoms with E-state index < -0.39 is 0 Å². The van der Waals surface area contributed by atoms with Crippen molar-refractivity contribution in [1.82, 2.24) is 9.80 Å². The molecule has 3 heteroatoms. The minimum Gasteiger partial charge on any atom is -0.337 e. The van der Waals surface area contributed by atoms with E-state index in [4.69, 9.17) is 0 Å². The fourth-order valence-corrected chi connectivity index (χ4v) is 2.74. The summed E-state index contributed by atoms with van der Waals surface area (Å²) in [5.41, 5.74) is 3.58. The van der Waals surface area contributed by atoms with Crippen molar-refractivity contribution in [2.75, 3.05) is 26.2 Å². The molecule has 0 spiro atoms. The topological polar surface area (TPSA) is 23.6 Å². The SMILES string of the molecule is Cc1ccc(/C=C/C(=O)N2CCN(C(C)C)CC2)c(C)c1. The Morgan fingerprint density at radius 1 is 1.14 bits per heavy atom. The first-order valence-electron chi connectivity index (χ1n) is 7.75. The van der Waals surface area contributed by atoms with Crippen LogP contribution in [-0.2, 0) is 4.79 Å². The second-order valence-electron chi connectivity index (χ2n) is 6.15. The maximum atomic E-state index is 12.2. The van der Waals surface area contributed by atoms with Crippen LogP contribution in [0.15, 0.2) is 24.3 Å². The number of aryl methyl sites for hydroxylation is 2. The summed E-state index contributed by atoms with van der Waals surface area (Å²) in [6, 6.07) is 6.86. The molecule has 0 aliphatic carbocycles. The second-order valence-corrected chi connectivity index (χ2v) is 6.15. The fraction of sp³-hybridized carbons (Fsp3) is 0.500. The predicted molar refractivity (Wildman–Crippen MR) is 88.2 cm³/mol. The molecule has 1 saturated heterocycles. The summed E-state index contributed by atoms with van der Waals surface area (Å²) in [5.74, 6) is 0.124. The maximum absolute atomic E-state index is 12.2. The molecule has 1 aliphatic rings. The Labute approximate surface area is 128 Å². The van der Waals surface area contributed by atoms with Gasteiger partial charge in [-0.1, -0.05) is 23.8 Å². The number of piperazine rings is 1. The van der Waals surface area contributed by atoms with Gasteiger partial charge in [0.15, 0.2) is 0 Å². The Balaban J connectivity index is 1.94. The Kier molecular flexibility index (Phi) is 5.18. The average molecular weight is 286 g/mol. The van der Waals surface area contributed by atoms with Crippen LogP contribution in [0, 0.1) is 13.8 Å². The molecule has 0 saturated carbocycles. The summed E-state index contributed by atoms with van der Waals surface area (Å²) in [4.78, 5) is 16.6. The first-order valence-corrected chi connectivity index (χ1v) is 7.75. The van der Waals surface area contributed by atoms with Crippen LogP contribution in [0.1, 0.15) is 30.5 Å². The molecule has 1 fully saturated rings. The van der Waals surface area contributed by atoms with Crippen LogP contribution in [0.25, 0.3) is 6.08 Å². The van der Waals surface area contributed by atoms with Crippen LogP contribution in [-0.4, -0.2) is 47.9 Å². The molecule has 2 rings (SSSR count). The third-order valence-corrected chi connectivity index (χ3v) is 4.19. The van der Waals surface area contributed by atoms with E-state index in [0.29, 0.717) is 6.04 Å². The van der Waals surface area contributed by atoms with Crippen molar-refractivity contribution in [1.29, 1.82) is 0 Å². The van der Waals surface area contributed by atoms with E-state index in [1.165, 1.54) is 11.1 Å². The number of nitrogens with zero attached hydrogens (tertiary/aromatic N) is 2. The van der Waals surface area contributed by atoms with Gasteiger partial charge in [-0.3, -0.25) is 9.69 Å². The highest BCUT2D eigenvalue weighted by Crippen LogP contribution is 2.13. The van der Waals surface area contributed by atoms with E-state index in [-0.39, 0.29) is 5.91 Å². The monoisotopic (exact) mass is 286 g/mol. The van der Waals surface area contributed by atoms with Gasteiger partial charge in [0, 0.05) is 38.3 Å². The highest BCUT2D eigenvalue weighted by atomic mass is 16.2. The van der Waals surface area contributed by atoms with Gasteiger partial charge in [-0.05, 0) is 44.9 Å². The molecule has 0 radical (unpaired) electrons. The molecular weight excluding hydrogens is 260 g/mol. The molecule has 1 aromatic carbocycles. The van der Waals surface area contributed by atoms with Crippen LogP contribution < -0.4 is 0 Å². The van der Waals surface area contributed by atoms with Crippen LogP contribution in [0.2, 0.25) is 0 Å². The number of carbonyl (C=O) groups excluding carboxylic acids is 1. The largest absolute Gasteiger partial charge is 0.337 e. The molecule has 0 N–H and O–H groups in total. The van der Waals surface area contributed by atoms with Crippen molar-refractivity contribution in [3.8, 4) is 0 Å². The van der Waals surface area contributed by atoms with Gasteiger partial charge in [0.25, 0.3) is 0 Å². The van der Waals surface area contributed by atoms with Crippen LogP contribution in [0.3, 0.4) is 0 Å². The molecule has 1 heterocycles. The lowest BCUT2D eigenvalue weighted by molar-refractivity contribution is -0.127. The summed E-state index contributed by atoms with van der Waals surface area (Å²) < 4.78 is 0. The first-order chi connectivity index (χ1) is 9.97. The van der Waals surface area contributed by atoms with Crippen molar-refractivity contribution < 1.29 is 4.79 Å². The van der Waals surface area contributed by atoms with E-state index in [1.54, 1.807) is 6.08 Å². The van der Waals surface area contributed by atoms with E-state index in [0.717, 1.165) is 31.7 Å². The first kappa shape index (κ1) is 15.8. The van der Waals surface area contributed by atoms with Gasteiger partial charge < -0.3 is 4.90 Å². The Bertz CT molecular complexity index is 526. The van der Waals surface area contributed by atoms with E-state index in [2.05, 4.69) is 50.8 Å². The van der Waals surface area contributed by atoms with E-state index >= 15 is 0 Å². The molecule has 1 aromatic rings. The van der Waals surface area contributed by atoms with Gasteiger partial charge in [0.05, 0.1) is 0 Å². The van der Waals surface area contributed by atoms with Crippen LogP contribution >= 0.6 is 0 Å². The number of carbonyl (C=O) groups is 1. The molecule has 3 nitrogen and oxygen atoms in total. The number of hydrogen-bond donors (Lipinski definition) is 0. The number of hydrogen-bond acceptors (Lipinski definition) is 2.